The minimum absolute atomic E-state index is 0.360. The molecular weight excluding hydrogens is 272 g/mol. The van der Waals surface area contributed by atoms with E-state index in [0.29, 0.717) is 23.7 Å². The van der Waals surface area contributed by atoms with Crippen molar-refractivity contribution in [2.24, 2.45) is 5.73 Å². The van der Waals surface area contributed by atoms with Crippen LogP contribution in [0.25, 0.3) is 5.70 Å². The highest BCUT2D eigenvalue weighted by atomic mass is 32.2. The third-order valence-electron chi connectivity index (χ3n) is 3.62. The molecule has 0 aromatic heterocycles. The fourth-order valence-electron chi connectivity index (χ4n) is 2.33. The first-order chi connectivity index (χ1) is 9.57. The topological polar surface area (TPSA) is 63.4 Å². The summed E-state index contributed by atoms with van der Waals surface area (Å²) in [6, 6.07) is 9.27. The van der Waals surface area contributed by atoms with E-state index >= 15 is 0 Å². The molecule has 1 saturated heterocycles. The van der Waals surface area contributed by atoms with E-state index in [-0.39, 0.29) is 0 Å². The fraction of sp³-hybridized carbons (Fsp3) is 0.467. The first kappa shape index (κ1) is 15.1. The SMILES string of the molecule is CCCCCCN1C/C(=C(\N)c2ccccc2)S1(=O)=O. The molecule has 1 aliphatic heterocycles. The molecule has 1 aromatic carbocycles. The Morgan fingerprint density at radius 1 is 1.20 bits per heavy atom. The average Bonchev–Trinajstić information content (AvgIpc) is 2.46. The summed E-state index contributed by atoms with van der Waals surface area (Å²) in [6.07, 6.45) is 4.31. The van der Waals surface area contributed by atoms with Crippen molar-refractivity contribution in [2.75, 3.05) is 13.1 Å². The van der Waals surface area contributed by atoms with E-state index in [1.54, 1.807) is 0 Å². The van der Waals surface area contributed by atoms with Crippen LogP contribution in [0.2, 0.25) is 0 Å². The van der Waals surface area contributed by atoms with Gasteiger partial charge in [0.2, 0.25) is 10.0 Å². The maximum atomic E-state index is 12.2. The predicted molar refractivity (Wildman–Crippen MR) is 82.2 cm³/mol. The molecule has 0 atom stereocenters. The van der Waals surface area contributed by atoms with Crippen molar-refractivity contribution in [3.8, 4) is 0 Å². The summed E-state index contributed by atoms with van der Waals surface area (Å²) in [6.45, 7) is 3.19. The first-order valence-corrected chi connectivity index (χ1v) is 8.55. The molecule has 0 bridgehead atoms. The van der Waals surface area contributed by atoms with Crippen molar-refractivity contribution in [1.29, 1.82) is 0 Å². The second-order valence-corrected chi connectivity index (χ2v) is 7.06. The summed E-state index contributed by atoms with van der Waals surface area (Å²) in [4.78, 5) is 0.360. The lowest BCUT2D eigenvalue weighted by atomic mass is 10.1. The summed E-state index contributed by atoms with van der Waals surface area (Å²) in [5.41, 5.74) is 7.15. The van der Waals surface area contributed by atoms with Crippen LogP contribution in [0.5, 0.6) is 0 Å². The number of sulfonamides is 1. The Morgan fingerprint density at radius 2 is 1.90 bits per heavy atom. The Bertz CT molecular complexity index is 579. The second kappa shape index (κ2) is 6.41. The third-order valence-corrected chi connectivity index (χ3v) is 5.58. The van der Waals surface area contributed by atoms with Crippen molar-refractivity contribution in [3.05, 3.63) is 40.8 Å². The number of benzene rings is 1. The lowest BCUT2D eigenvalue weighted by molar-refractivity contribution is 0.396. The van der Waals surface area contributed by atoms with Gasteiger partial charge in [-0.1, -0.05) is 56.5 Å². The number of nitrogens with two attached hydrogens (primary N) is 1. The molecule has 2 rings (SSSR count). The molecule has 0 radical (unpaired) electrons. The molecule has 4 nitrogen and oxygen atoms in total. The maximum absolute atomic E-state index is 12.2. The van der Waals surface area contributed by atoms with E-state index < -0.39 is 10.0 Å². The smallest absolute Gasteiger partial charge is 0.242 e. The highest BCUT2D eigenvalue weighted by Gasteiger charge is 2.40. The summed E-state index contributed by atoms with van der Waals surface area (Å²) in [7, 11) is -3.31. The Hall–Kier alpha value is -1.33. The third kappa shape index (κ3) is 3.04. The maximum Gasteiger partial charge on any atom is 0.242 e. The Balaban J connectivity index is 2.04. The normalized spacial score (nSPS) is 20.4. The minimum atomic E-state index is -3.31. The number of hydrogen-bond acceptors (Lipinski definition) is 3. The van der Waals surface area contributed by atoms with Gasteiger partial charge >= 0.3 is 0 Å². The molecule has 110 valence electrons. The van der Waals surface area contributed by atoms with Crippen LogP contribution in [0.1, 0.15) is 38.2 Å². The average molecular weight is 294 g/mol. The van der Waals surface area contributed by atoms with Crippen LogP contribution < -0.4 is 5.73 Å². The van der Waals surface area contributed by atoms with Crippen LogP contribution in [0.15, 0.2) is 35.2 Å². The lowest BCUT2D eigenvalue weighted by Crippen LogP contribution is -2.47. The molecular formula is C15H22N2O2S. The predicted octanol–water partition coefficient (Wildman–Crippen LogP) is 2.54. The number of nitrogens with zero attached hydrogens (tertiary/aromatic N) is 1. The van der Waals surface area contributed by atoms with E-state index in [0.717, 1.165) is 31.2 Å². The van der Waals surface area contributed by atoms with E-state index in [1.807, 2.05) is 30.3 Å². The molecule has 1 aromatic rings. The largest absolute Gasteiger partial charge is 0.397 e. The standard InChI is InChI=1S/C15H22N2O2S/c1-2-3-4-8-11-17-12-14(20(17,18)19)15(16)13-9-6-5-7-10-13/h5-7,9-10H,2-4,8,11-12,16H2,1H3/b15-14+. The monoisotopic (exact) mass is 294 g/mol. The Labute approximate surface area is 121 Å². The van der Waals surface area contributed by atoms with Gasteiger partial charge in [0, 0.05) is 6.54 Å². The van der Waals surface area contributed by atoms with Gasteiger partial charge in [0.15, 0.2) is 0 Å². The van der Waals surface area contributed by atoms with Crippen LogP contribution in [0, 0.1) is 0 Å². The second-order valence-electron chi connectivity index (χ2n) is 5.10. The fourth-order valence-corrected chi connectivity index (χ4v) is 3.81. The molecule has 2 N–H and O–H groups in total. The van der Waals surface area contributed by atoms with Crippen molar-refractivity contribution < 1.29 is 8.42 Å². The summed E-state index contributed by atoms with van der Waals surface area (Å²) in [5, 5.41) is 0. The molecule has 1 heterocycles. The van der Waals surface area contributed by atoms with Crippen LogP contribution in [-0.4, -0.2) is 25.8 Å². The van der Waals surface area contributed by atoms with Crippen molar-refractivity contribution >= 4 is 15.7 Å². The van der Waals surface area contributed by atoms with Gasteiger partial charge in [0.25, 0.3) is 0 Å². The minimum Gasteiger partial charge on any atom is -0.397 e. The zero-order valence-corrected chi connectivity index (χ0v) is 12.7. The van der Waals surface area contributed by atoms with Gasteiger partial charge in [-0.25, -0.2) is 8.42 Å². The van der Waals surface area contributed by atoms with Crippen molar-refractivity contribution in [3.63, 3.8) is 0 Å². The van der Waals surface area contributed by atoms with Crippen LogP contribution >= 0.6 is 0 Å². The first-order valence-electron chi connectivity index (χ1n) is 7.11. The summed E-state index contributed by atoms with van der Waals surface area (Å²) in [5.74, 6) is 0. The van der Waals surface area contributed by atoms with E-state index in [1.165, 1.54) is 4.31 Å². The van der Waals surface area contributed by atoms with Gasteiger partial charge < -0.3 is 5.73 Å². The summed E-state index contributed by atoms with van der Waals surface area (Å²) >= 11 is 0. The molecule has 0 unspecified atom stereocenters. The molecule has 0 amide bonds. The zero-order valence-electron chi connectivity index (χ0n) is 11.9. The van der Waals surface area contributed by atoms with Crippen LogP contribution in [-0.2, 0) is 10.0 Å². The summed E-state index contributed by atoms with van der Waals surface area (Å²) < 4.78 is 26.0. The molecule has 0 spiro atoms. The van der Waals surface area contributed by atoms with E-state index in [4.69, 9.17) is 5.73 Å². The van der Waals surface area contributed by atoms with Gasteiger partial charge in [-0.05, 0) is 12.0 Å². The van der Waals surface area contributed by atoms with Crippen LogP contribution in [0.4, 0.5) is 0 Å². The highest BCUT2D eigenvalue weighted by molar-refractivity contribution is 7.94. The number of hydrogen-bond donors (Lipinski definition) is 1. The molecule has 0 aliphatic carbocycles. The van der Waals surface area contributed by atoms with Gasteiger partial charge in [0.1, 0.15) is 0 Å². The van der Waals surface area contributed by atoms with Gasteiger partial charge in [0.05, 0.1) is 17.1 Å². The van der Waals surface area contributed by atoms with Crippen molar-refractivity contribution in [1.82, 2.24) is 4.31 Å². The van der Waals surface area contributed by atoms with E-state index in [9.17, 15) is 8.42 Å². The van der Waals surface area contributed by atoms with E-state index in [2.05, 4.69) is 6.92 Å². The quantitative estimate of drug-likeness (QED) is 0.820. The van der Waals surface area contributed by atoms with Crippen LogP contribution in [0.3, 0.4) is 0 Å². The molecule has 1 aliphatic rings. The highest BCUT2D eigenvalue weighted by Crippen LogP contribution is 2.31. The molecule has 0 saturated carbocycles. The molecule has 1 fully saturated rings. The number of rotatable bonds is 6. The van der Waals surface area contributed by atoms with Gasteiger partial charge in [-0.2, -0.15) is 4.31 Å². The molecule has 20 heavy (non-hydrogen) atoms. The zero-order chi connectivity index (χ0) is 14.6. The Kier molecular flexibility index (Phi) is 4.83. The van der Waals surface area contributed by atoms with Gasteiger partial charge in [-0.3, -0.25) is 0 Å². The lowest BCUT2D eigenvalue weighted by Gasteiger charge is -2.34. The Morgan fingerprint density at radius 3 is 2.50 bits per heavy atom. The van der Waals surface area contributed by atoms with Gasteiger partial charge in [-0.15, -0.1) is 0 Å². The molecule has 5 heteroatoms. The number of unbranched alkanes of at least 4 members (excludes halogenated alkanes) is 3. The van der Waals surface area contributed by atoms with Crippen molar-refractivity contribution in [2.45, 2.75) is 32.6 Å².